The van der Waals surface area contributed by atoms with E-state index in [0.29, 0.717) is 17.5 Å². The van der Waals surface area contributed by atoms with Crippen molar-refractivity contribution in [2.24, 2.45) is 17.1 Å². The summed E-state index contributed by atoms with van der Waals surface area (Å²) >= 11 is 1.49. The van der Waals surface area contributed by atoms with Gasteiger partial charge in [-0.3, -0.25) is 4.79 Å². The van der Waals surface area contributed by atoms with Crippen molar-refractivity contribution in [3.63, 3.8) is 0 Å². The highest BCUT2D eigenvalue weighted by Gasteiger charge is 2.45. The number of hydrogen-bond acceptors (Lipinski definition) is 3. The first-order valence-corrected chi connectivity index (χ1v) is 9.43. The van der Waals surface area contributed by atoms with Gasteiger partial charge in [-0.1, -0.05) is 19.9 Å². The first-order valence-electron chi connectivity index (χ1n) is 8.55. The van der Waals surface area contributed by atoms with Crippen molar-refractivity contribution in [1.29, 1.82) is 0 Å². The van der Waals surface area contributed by atoms with Gasteiger partial charge in [0.1, 0.15) is 0 Å². The molecule has 1 aromatic carbocycles. The van der Waals surface area contributed by atoms with Crippen molar-refractivity contribution in [1.82, 2.24) is 0 Å². The van der Waals surface area contributed by atoms with Crippen LogP contribution in [0.3, 0.4) is 0 Å². The van der Waals surface area contributed by atoms with Gasteiger partial charge in [0.05, 0.1) is 16.7 Å². The number of carboxylic acids is 1. The van der Waals surface area contributed by atoms with E-state index in [2.05, 4.69) is 13.8 Å². The molecule has 0 aromatic heterocycles. The van der Waals surface area contributed by atoms with Crippen LogP contribution in [0.15, 0.2) is 28.7 Å². The van der Waals surface area contributed by atoms with Crippen LogP contribution in [0, 0.1) is 11.3 Å². The molecular formula is C19H22F3NO2S. The number of carboxylic acid groups (broad SMARTS) is 1. The molecule has 1 aliphatic heterocycles. The number of thioether (sulfide) groups is 1. The molecule has 0 saturated carbocycles. The summed E-state index contributed by atoms with van der Waals surface area (Å²) in [5.41, 5.74) is 6.89. The minimum Gasteiger partial charge on any atom is -0.481 e. The predicted molar refractivity (Wildman–Crippen MR) is 95.5 cm³/mol. The maximum atomic E-state index is 13.0. The van der Waals surface area contributed by atoms with Gasteiger partial charge in [0.2, 0.25) is 0 Å². The maximum Gasteiger partial charge on any atom is 0.416 e. The summed E-state index contributed by atoms with van der Waals surface area (Å²) in [5.74, 6) is -1.63. The zero-order valence-corrected chi connectivity index (χ0v) is 15.5. The van der Waals surface area contributed by atoms with Gasteiger partial charge in [0.25, 0.3) is 0 Å². The summed E-state index contributed by atoms with van der Waals surface area (Å²) in [7, 11) is 0. The number of nitrogens with two attached hydrogens (primary N) is 1. The quantitative estimate of drug-likeness (QED) is 0.758. The summed E-state index contributed by atoms with van der Waals surface area (Å²) in [6, 6.07) is 3.48. The van der Waals surface area contributed by atoms with Crippen LogP contribution in [0.25, 0.3) is 0 Å². The van der Waals surface area contributed by atoms with Gasteiger partial charge in [-0.2, -0.15) is 13.2 Å². The van der Waals surface area contributed by atoms with Gasteiger partial charge in [0, 0.05) is 6.54 Å². The number of benzene rings is 1. The Balaban J connectivity index is 2.01. The van der Waals surface area contributed by atoms with Crippen LogP contribution in [0.5, 0.6) is 0 Å². The van der Waals surface area contributed by atoms with Crippen LogP contribution in [0.4, 0.5) is 13.2 Å². The molecule has 1 aromatic rings. The van der Waals surface area contributed by atoms with Crippen LogP contribution in [-0.2, 0) is 17.5 Å². The van der Waals surface area contributed by atoms with E-state index in [0.717, 1.165) is 35.5 Å². The van der Waals surface area contributed by atoms with Gasteiger partial charge >= 0.3 is 12.1 Å². The first kappa shape index (κ1) is 19.3. The third kappa shape index (κ3) is 3.51. The molecule has 26 heavy (non-hydrogen) atoms. The lowest BCUT2D eigenvalue weighted by Crippen LogP contribution is -2.25. The van der Waals surface area contributed by atoms with E-state index in [1.54, 1.807) is 0 Å². The van der Waals surface area contributed by atoms with E-state index in [4.69, 9.17) is 5.73 Å². The van der Waals surface area contributed by atoms with Gasteiger partial charge in [-0.25, -0.2) is 0 Å². The summed E-state index contributed by atoms with van der Waals surface area (Å²) in [6.07, 6.45) is -1.93. The molecule has 0 bridgehead atoms. The average molecular weight is 385 g/mol. The molecule has 2 unspecified atom stereocenters. The highest BCUT2D eigenvalue weighted by atomic mass is 32.2. The lowest BCUT2D eigenvalue weighted by atomic mass is 9.73. The molecule has 1 heterocycles. The van der Waals surface area contributed by atoms with Crippen molar-refractivity contribution in [3.05, 3.63) is 45.4 Å². The number of carbonyl (C=O) groups is 1. The minimum absolute atomic E-state index is 0.0405. The first-order chi connectivity index (χ1) is 12.0. The Morgan fingerprint density at radius 2 is 2.08 bits per heavy atom. The third-order valence-electron chi connectivity index (χ3n) is 5.27. The molecule has 3 rings (SSSR count). The lowest BCUT2D eigenvalue weighted by Gasteiger charge is -2.31. The molecule has 7 heteroatoms. The number of alkyl halides is 3. The monoisotopic (exact) mass is 385 g/mol. The fraction of sp³-hybridized carbons (Fsp3) is 0.526. The predicted octanol–water partition coefficient (Wildman–Crippen LogP) is 5.12. The summed E-state index contributed by atoms with van der Waals surface area (Å²) in [6.45, 7) is 4.19. The number of halogens is 3. The normalized spacial score (nSPS) is 25.3. The molecule has 0 saturated heterocycles. The molecule has 0 fully saturated rings. The van der Waals surface area contributed by atoms with E-state index < -0.39 is 28.9 Å². The molecule has 142 valence electrons. The molecular weight excluding hydrogens is 363 g/mol. The lowest BCUT2D eigenvalue weighted by molar-refractivity contribution is -0.140. The van der Waals surface area contributed by atoms with Crippen molar-refractivity contribution in [2.75, 3.05) is 0 Å². The number of rotatable bonds is 3. The maximum absolute atomic E-state index is 13.0. The van der Waals surface area contributed by atoms with Crippen LogP contribution < -0.4 is 5.73 Å². The van der Waals surface area contributed by atoms with E-state index in [1.807, 2.05) is 0 Å². The van der Waals surface area contributed by atoms with Crippen LogP contribution in [0.1, 0.15) is 55.1 Å². The van der Waals surface area contributed by atoms with Crippen LogP contribution in [0.2, 0.25) is 0 Å². The van der Waals surface area contributed by atoms with Gasteiger partial charge in [-0.05, 0) is 58.4 Å². The summed E-state index contributed by atoms with van der Waals surface area (Å²) in [4.78, 5) is 13.1. The number of aliphatic carboxylic acids is 1. The second-order valence-corrected chi connectivity index (χ2v) is 9.00. The highest BCUT2D eigenvalue weighted by Crippen LogP contribution is 2.59. The molecule has 0 amide bonds. The number of allylic oxidation sites excluding steroid dienone is 1. The molecule has 0 radical (unpaired) electrons. The second kappa shape index (κ2) is 6.60. The summed E-state index contributed by atoms with van der Waals surface area (Å²) < 4.78 is 39.0. The SMILES string of the molecule is CC1(C)CCC2=C(C1)C(C(=O)O)C(c1ccc(C(F)(F)F)cc1CN)S2. The Hall–Kier alpha value is -1.47. The second-order valence-electron chi connectivity index (χ2n) is 7.76. The Labute approximate surface area is 154 Å². The van der Waals surface area contributed by atoms with Crippen molar-refractivity contribution in [3.8, 4) is 0 Å². The zero-order valence-electron chi connectivity index (χ0n) is 14.7. The van der Waals surface area contributed by atoms with Gasteiger partial charge in [0.15, 0.2) is 0 Å². The van der Waals surface area contributed by atoms with Crippen molar-refractivity contribution >= 4 is 17.7 Å². The fourth-order valence-corrected chi connectivity index (χ4v) is 5.55. The standard InChI is InChI=1S/C19H22F3NO2S/c1-18(2)6-5-14-13(8-18)15(17(24)25)16(26-14)12-4-3-11(19(20,21)22)7-10(12)9-23/h3-4,7,15-16H,5-6,8-9,23H2,1-2H3,(H,24,25). The smallest absolute Gasteiger partial charge is 0.416 e. The topological polar surface area (TPSA) is 63.3 Å². The van der Waals surface area contributed by atoms with Gasteiger partial charge in [-0.15, -0.1) is 11.8 Å². The van der Waals surface area contributed by atoms with Crippen molar-refractivity contribution in [2.45, 2.75) is 51.1 Å². The van der Waals surface area contributed by atoms with Gasteiger partial charge < -0.3 is 10.8 Å². The molecule has 2 atom stereocenters. The molecule has 1 aliphatic carbocycles. The fourth-order valence-electron chi connectivity index (χ4n) is 3.90. The molecule has 2 aliphatic rings. The van der Waals surface area contributed by atoms with E-state index in [1.165, 1.54) is 17.8 Å². The summed E-state index contributed by atoms with van der Waals surface area (Å²) in [5, 5.41) is 9.42. The molecule has 0 spiro atoms. The van der Waals surface area contributed by atoms with E-state index >= 15 is 0 Å². The average Bonchev–Trinajstić information content (AvgIpc) is 2.90. The molecule has 3 nitrogen and oxygen atoms in total. The zero-order chi connectivity index (χ0) is 19.3. The van der Waals surface area contributed by atoms with Crippen LogP contribution >= 0.6 is 11.8 Å². The minimum atomic E-state index is -4.45. The Bertz CT molecular complexity index is 771. The third-order valence-corrected chi connectivity index (χ3v) is 6.80. The largest absolute Gasteiger partial charge is 0.481 e. The highest BCUT2D eigenvalue weighted by molar-refractivity contribution is 8.03. The van der Waals surface area contributed by atoms with Crippen molar-refractivity contribution < 1.29 is 23.1 Å². The van der Waals surface area contributed by atoms with Crippen LogP contribution in [-0.4, -0.2) is 11.1 Å². The molecule has 3 N–H and O–H groups in total. The Kier molecular flexibility index (Phi) is 4.90. The Morgan fingerprint density at radius 3 is 2.65 bits per heavy atom. The Morgan fingerprint density at radius 1 is 1.38 bits per heavy atom. The number of hydrogen-bond donors (Lipinski definition) is 2. The van der Waals surface area contributed by atoms with E-state index in [9.17, 15) is 23.1 Å². The van der Waals surface area contributed by atoms with E-state index in [-0.39, 0.29) is 12.0 Å².